The fraction of sp³-hybridized carbons (Fsp3) is 0.0600. The van der Waals surface area contributed by atoms with Crippen molar-refractivity contribution >= 4 is 77.0 Å². The molecule has 0 saturated heterocycles. The third-order valence-electron chi connectivity index (χ3n) is 12.1. The van der Waals surface area contributed by atoms with Gasteiger partial charge >= 0.3 is 0 Å². The molecular formula is C50H33N3O. The van der Waals surface area contributed by atoms with Gasteiger partial charge in [0.1, 0.15) is 5.52 Å². The fourth-order valence-electron chi connectivity index (χ4n) is 9.55. The van der Waals surface area contributed by atoms with Crippen LogP contribution in [-0.2, 0) is 5.41 Å². The van der Waals surface area contributed by atoms with E-state index in [0.29, 0.717) is 0 Å². The molecule has 12 rings (SSSR count). The van der Waals surface area contributed by atoms with Crippen LogP contribution in [0.1, 0.15) is 25.0 Å². The lowest BCUT2D eigenvalue weighted by atomic mass is 9.82. The molecule has 4 nitrogen and oxygen atoms in total. The molecule has 0 atom stereocenters. The zero-order chi connectivity index (χ0) is 35.7. The molecule has 0 unspecified atom stereocenters. The summed E-state index contributed by atoms with van der Waals surface area (Å²) in [6.45, 7) is 4.70. The van der Waals surface area contributed by atoms with Gasteiger partial charge in [-0.2, -0.15) is 0 Å². The number of anilines is 3. The standard InChI is InChI=1S/C50H33N3O/c1-50(2)42-16-7-5-13-37(42)38-24-22-34(27-43(38)50)52(32-20-18-31(19-21-32)36-15-9-11-30-10-3-4-12-35(30)36)33-23-25-46-40(26-33)41-28-44-49(54-29-51-44)47-39-14-6-8-17-45(39)53(46)48(41)47/h3-29H,1-2H3. The number of benzene rings is 8. The maximum absolute atomic E-state index is 6.02. The van der Waals surface area contributed by atoms with Crippen molar-refractivity contribution in [3.05, 3.63) is 175 Å². The summed E-state index contributed by atoms with van der Waals surface area (Å²) in [5.74, 6) is 0. The maximum atomic E-state index is 6.02. The SMILES string of the molecule is CC1(C)c2ccccc2-c2ccc(N(c3ccc(-c4cccc5ccccc45)cc3)c3ccc4c(c3)c3cc5ncoc5c5c6ccccc6n4c35)cc21. The molecule has 54 heavy (non-hydrogen) atoms. The largest absolute Gasteiger partial charge is 0.443 e. The molecule has 254 valence electrons. The molecule has 0 amide bonds. The molecule has 0 radical (unpaired) electrons. The van der Waals surface area contributed by atoms with Gasteiger partial charge in [-0.15, -0.1) is 0 Å². The summed E-state index contributed by atoms with van der Waals surface area (Å²) in [5, 5.41) is 7.17. The van der Waals surface area contributed by atoms with Crippen molar-refractivity contribution in [1.82, 2.24) is 9.38 Å². The number of oxazole rings is 1. The summed E-state index contributed by atoms with van der Waals surface area (Å²) in [7, 11) is 0. The van der Waals surface area contributed by atoms with Crippen LogP contribution >= 0.6 is 0 Å². The van der Waals surface area contributed by atoms with Crippen LogP contribution in [0, 0.1) is 0 Å². The fourth-order valence-corrected chi connectivity index (χ4v) is 9.55. The number of hydrogen-bond donors (Lipinski definition) is 0. The van der Waals surface area contributed by atoms with E-state index in [0.717, 1.165) is 33.5 Å². The Bertz CT molecular complexity index is 3300. The van der Waals surface area contributed by atoms with E-state index >= 15 is 0 Å². The van der Waals surface area contributed by atoms with Crippen LogP contribution in [0.4, 0.5) is 17.1 Å². The van der Waals surface area contributed by atoms with Crippen LogP contribution in [0.15, 0.2) is 169 Å². The molecule has 0 N–H and O–H groups in total. The molecule has 11 aromatic rings. The number of fused-ring (bicyclic) bond motifs is 12. The first kappa shape index (κ1) is 29.6. The summed E-state index contributed by atoms with van der Waals surface area (Å²) in [5.41, 5.74) is 16.3. The highest BCUT2D eigenvalue weighted by Gasteiger charge is 2.36. The van der Waals surface area contributed by atoms with Crippen molar-refractivity contribution in [3.8, 4) is 22.3 Å². The number of nitrogens with zero attached hydrogens (tertiary/aromatic N) is 3. The van der Waals surface area contributed by atoms with Crippen molar-refractivity contribution in [3.63, 3.8) is 0 Å². The van der Waals surface area contributed by atoms with E-state index < -0.39 is 0 Å². The molecule has 1 aliphatic carbocycles. The smallest absolute Gasteiger partial charge is 0.182 e. The molecule has 0 bridgehead atoms. The number of aromatic nitrogens is 2. The van der Waals surface area contributed by atoms with Crippen LogP contribution in [-0.4, -0.2) is 9.38 Å². The van der Waals surface area contributed by atoms with E-state index in [-0.39, 0.29) is 5.41 Å². The summed E-state index contributed by atoms with van der Waals surface area (Å²) in [6.07, 6.45) is 1.57. The molecule has 0 spiro atoms. The van der Waals surface area contributed by atoms with E-state index in [2.05, 4.69) is 186 Å². The molecule has 3 heterocycles. The molecule has 8 aromatic carbocycles. The van der Waals surface area contributed by atoms with E-state index in [4.69, 9.17) is 4.42 Å². The van der Waals surface area contributed by atoms with Gasteiger partial charge in [0.05, 0.1) is 21.9 Å². The van der Waals surface area contributed by atoms with E-state index in [1.165, 1.54) is 76.9 Å². The Morgan fingerprint density at radius 2 is 1.22 bits per heavy atom. The highest BCUT2D eigenvalue weighted by Crippen LogP contribution is 2.51. The first-order valence-electron chi connectivity index (χ1n) is 18.6. The van der Waals surface area contributed by atoms with E-state index in [1.54, 1.807) is 6.39 Å². The summed E-state index contributed by atoms with van der Waals surface area (Å²) >= 11 is 0. The van der Waals surface area contributed by atoms with Crippen molar-refractivity contribution in [2.45, 2.75) is 19.3 Å². The van der Waals surface area contributed by atoms with Gasteiger partial charge in [-0.25, -0.2) is 4.98 Å². The second-order valence-corrected chi connectivity index (χ2v) is 15.2. The first-order chi connectivity index (χ1) is 26.5. The topological polar surface area (TPSA) is 33.7 Å². The van der Waals surface area contributed by atoms with Crippen LogP contribution in [0.25, 0.3) is 82.2 Å². The second kappa shape index (κ2) is 10.6. The lowest BCUT2D eigenvalue weighted by Gasteiger charge is -2.28. The predicted molar refractivity (Wildman–Crippen MR) is 224 cm³/mol. The summed E-state index contributed by atoms with van der Waals surface area (Å²) < 4.78 is 8.42. The maximum Gasteiger partial charge on any atom is 0.182 e. The van der Waals surface area contributed by atoms with Crippen LogP contribution in [0.5, 0.6) is 0 Å². The van der Waals surface area contributed by atoms with Gasteiger partial charge in [0, 0.05) is 38.6 Å². The van der Waals surface area contributed by atoms with Gasteiger partial charge in [-0.1, -0.05) is 117 Å². The van der Waals surface area contributed by atoms with Crippen molar-refractivity contribution < 1.29 is 4.42 Å². The molecule has 1 aliphatic rings. The minimum Gasteiger partial charge on any atom is -0.443 e. The van der Waals surface area contributed by atoms with Crippen molar-refractivity contribution in [1.29, 1.82) is 0 Å². The zero-order valence-corrected chi connectivity index (χ0v) is 29.8. The first-order valence-corrected chi connectivity index (χ1v) is 18.6. The minimum absolute atomic E-state index is 0.118. The average Bonchev–Trinajstić information content (AvgIpc) is 3.96. The predicted octanol–water partition coefficient (Wildman–Crippen LogP) is 13.6. The average molecular weight is 692 g/mol. The zero-order valence-electron chi connectivity index (χ0n) is 29.8. The monoisotopic (exact) mass is 691 g/mol. The molecule has 0 saturated carbocycles. The third-order valence-corrected chi connectivity index (χ3v) is 12.1. The third kappa shape index (κ3) is 3.89. The minimum atomic E-state index is -0.118. The van der Waals surface area contributed by atoms with Crippen LogP contribution < -0.4 is 4.90 Å². The van der Waals surface area contributed by atoms with E-state index in [9.17, 15) is 0 Å². The molecule has 4 heteroatoms. The highest BCUT2D eigenvalue weighted by atomic mass is 16.3. The lowest BCUT2D eigenvalue weighted by Crippen LogP contribution is -2.16. The molecular weight excluding hydrogens is 659 g/mol. The number of rotatable bonds is 4. The van der Waals surface area contributed by atoms with Gasteiger partial charge in [-0.05, 0) is 98.8 Å². The Hall–Kier alpha value is -6.91. The van der Waals surface area contributed by atoms with Crippen molar-refractivity contribution in [2.75, 3.05) is 4.90 Å². The Labute approximate surface area is 311 Å². The Morgan fingerprint density at radius 1 is 0.537 bits per heavy atom. The molecule has 0 fully saturated rings. The van der Waals surface area contributed by atoms with Crippen LogP contribution in [0.2, 0.25) is 0 Å². The molecule has 0 aliphatic heterocycles. The number of para-hydroxylation sites is 1. The van der Waals surface area contributed by atoms with Gasteiger partial charge in [0.25, 0.3) is 0 Å². The van der Waals surface area contributed by atoms with Gasteiger partial charge < -0.3 is 13.7 Å². The van der Waals surface area contributed by atoms with Crippen LogP contribution in [0.3, 0.4) is 0 Å². The number of hydrogen-bond acceptors (Lipinski definition) is 3. The van der Waals surface area contributed by atoms with E-state index in [1.807, 2.05) is 0 Å². The Kier molecular flexibility index (Phi) is 5.81. The van der Waals surface area contributed by atoms with Gasteiger partial charge in [-0.3, -0.25) is 0 Å². The van der Waals surface area contributed by atoms with Crippen molar-refractivity contribution in [2.24, 2.45) is 0 Å². The Morgan fingerprint density at radius 3 is 2.13 bits per heavy atom. The summed E-state index contributed by atoms with van der Waals surface area (Å²) in [4.78, 5) is 7.06. The lowest BCUT2D eigenvalue weighted by molar-refractivity contribution is 0.605. The Balaban J connectivity index is 1.09. The van der Waals surface area contributed by atoms with Gasteiger partial charge in [0.15, 0.2) is 12.0 Å². The summed E-state index contributed by atoms with van der Waals surface area (Å²) in [6, 6.07) is 57.9. The quantitative estimate of drug-likeness (QED) is 0.184. The second-order valence-electron chi connectivity index (χ2n) is 15.2. The molecule has 3 aromatic heterocycles. The van der Waals surface area contributed by atoms with Gasteiger partial charge in [0.2, 0.25) is 0 Å². The normalized spacial score (nSPS) is 13.5. The highest BCUT2D eigenvalue weighted by molar-refractivity contribution is 6.30.